The lowest BCUT2D eigenvalue weighted by atomic mass is 9.83. The van der Waals surface area contributed by atoms with Crippen molar-refractivity contribution in [2.24, 2.45) is 11.1 Å². The molecule has 0 aliphatic carbocycles. The van der Waals surface area contributed by atoms with Gasteiger partial charge in [-0.2, -0.15) is 0 Å². The molecule has 90 valence electrons. The Hall–Kier alpha value is -0.770. The molecule has 1 unspecified atom stereocenters. The number of rotatable bonds is 4. The van der Waals surface area contributed by atoms with E-state index in [0.29, 0.717) is 17.3 Å². The first-order valence-corrected chi connectivity index (χ1v) is 5.51. The first-order valence-electron chi connectivity index (χ1n) is 5.14. The van der Waals surface area contributed by atoms with Crippen molar-refractivity contribution < 1.29 is 9.84 Å². The molecule has 1 aromatic rings. The lowest BCUT2D eigenvalue weighted by Gasteiger charge is -2.29. The van der Waals surface area contributed by atoms with Crippen LogP contribution in [0, 0.1) is 5.41 Å². The molecule has 1 atom stereocenters. The summed E-state index contributed by atoms with van der Waals surface area (Å²) in [5, 5.41) is 10.6. The molecule has 0 saturated carbocycles. The maximum absolute atomic E-state index is 10.2. The SMILES string of the molecule is COc1ccc(C(O)C(C)(C)CN)cc1Cl. The Morgan fingerprint density at radius 1 is 1.50 bits per heavy atom. The van der Waals surface area contributed by atoms with Crippen molar-refractivity contribution in [2.45, 2.75) is 20.0 Å². The summed E-state index contributed by atoms with van der Waals surface area (Å²) in [5.74, 6) is 0.600. The van der Waals surface area contributed by atoms with Crippen LogP contribution in [0.3, 0.4) is 0 Å². The fourth-order valence-corrected chi connectivity index (χ4v) is 1.68. The first-order chi connectivity index (χ1) is 7.42. The van der Waals surface area contributed by atoms with Gasteiger partial charge in [-0.15, -0.1) is 0 Å². The van der Waals surface area contributed by atoms with Crippen molar-refractivity contribution in [3.8, 4) is 5.75 Å². The van der Waals surface area contributed by atoms with E-state index in [1.54, 1.807) is 25.3 Å². The highest BCUT2D eigenvalue weighted by molar-refractivity contribution is 6.32. The van der Waals surface area contributed by atoms with Crippen LogP contribution in [0.1, 0.15) is 25.5 Å². The molecule has 3 nitrogen and oxygen atoms in total. The standard InChI is InChI=1S/C12H18ClNO2/c1-12(2,7-14)11(15)8-4-5-10(16-3)9(13)6-8/h4-6,11,15H,7,14H2,1-3H3. The van der Waals surface area contributed by atoms with Crippen LogP contribution in [0.5, 0.6) is 5.75 Å². The smallest absolute Gasteiger partial charge is 0.137 e. The van der Waals surface area contributed by atoms with Gasteiger partial charge in [0.2, 0.25) is 0 Å². The molecule has 16 heavy (non-hydrogen) atoms. The van der Waals surface area contributed by atoms with Crippen LogP contribution in [-0.2, 0) is 0 Å². The summed E-state index contributed by atoms with van der Waals surface area (Å²) in [5.41, 5.74) is 6.00. The fraction of sp³-hybridized carbons (Fsp3) is 0.500. The molecule has 4 heteroatoms. The van der Waals surface area contributed by atoms with Crippen molar-refractivity contribution in [1.82, 2.24) is 0 Å². The van der Waals surface area contributed by atoms with Crippen LogP contribution in [0.25, 0.3) is 0 Å². The number of methoxy groups -OCH3 is 1. The maximum atomic E-state index is 10.2. The van der Waals surface area contributed by atoms with Crippen LogP contribution in [-0.4, -0.2) is 18.8 Å². The number of aliphatic hydroxyl groups excluding tert-OH is 1. The molecule has 0 spiro atoms. The van der Waals surface area contributed by atoms with E-state index in [1.165, 1.54) is 0 Å². The van der Waals surface area contributed by atoms with Gasteiger partial charge < -0.3 is 15.6 Å². The second kappa shape index (κ2) is 5.04. The largest absolute Gasteiger partial charge is 0.495 e. The van der Waals surface area contributed by atoms with Gasteiger partial charge in [-0.3, -0.25) is 0 Å². The van der Waals surface area contributed by atoms with Crippen molar-refractivity contribution in [1.29, 1.82) is 0 Å². The molecule has 1 aromatic carbocycles. The summed E-state index contributed by atoms with van der Waals surface area (Å²) < 4.78 is 5.05. The zero-order chi connectivity index (χ0) is 12.3. The summed E-state index contributed by atoms with van der Waals surface area (Å²) in [7, 11) is 1.56. The molecule has 0 bridgehead atoms. The molecule has 0 saturated heterocycles. The lowest BCUT2D eigenvalue weighted by Crippen LogP contribution is -2.30. The normalized spacial score (nSPS) is 13.6. The van der Waals surface area contributed by atoms with Crippen LogP contribution in [0.4, 0.5) is 0 Å². The van der Waals surface area contributed by atoms with Gasteiger partial charge in [-0.1, -0.05) is 31.5 Å². The molecule has 0 amide bonds. The van der Waals surface area contributed by atoms with E-state index in [9.17, 15) is 5.11 Å². The molecule has 0 aliphatic rings. The molecular formula is C12H18ClNO2. The monoisotopic (exact) mass is 243 g/mol. The lowest BCUT2D eigenvalue weighted by molar-refractivity contribution is 0.0555. The predicted molar refractivity (Wildman–Crippen MR) is 65.8 cm³/mol. The fourth-order valence-electron chi connectivity index (χ4n) is 1.42. The van der Waals surface area contributed by atoms with Crippen molar-refractivity contribution >= 4 is 11.6 Å². The minimum Gasteiger partial charge on any atom is -0.495 e. The number of aliphatic hydroxyl groups is 1. The van der Waals surface area contributed by atoms with E-state index in [-0.39, 0.29) is 5.41 Å². The minimum absolute atomic E-state index is 0.377. The summed E-state index contributed by atoms with van der Waals surface area (Å²) >= 11 is 6.00. The van der Waals surface area contributed by atoms with Crippen molar-refractivity contribution in [2.75, 3.05) is 13.7 Å². The molecule has 0 aliphatic heterocycles. The topological polar surface area (TPSA) is 55.5 Å². The van der Waals surface area contributed by atoms with Crippen LogP contribution < -0.4 is 10.5 Å². The Morgan fingerprint density at radius 2 is 2.12 bits per heavy atom. The van der Waals surface area contributed by atoms with E-state index in [0.717, 1.165) is 5.56 Å². The van der Waals surface area contributed by atoms with E-state index < -0.39 is 6.10 Å². The van der Waals surface area contributed by atoms with E-state index in [1.807, 2.05) is 13.8 Å². The van der Waals surface area contributed by atoms with Gasteiger partial charge in [0.15, 0.2) is 0 Å². The van der Waals surface area contributed by atoms with E-state index >= 15 is 0 Å². The van der Waals surface area contributed by atoms with Crippen molar-refractivity contribution in [3.63, 3.8) is 0 Å². The molecule has 0 fully saturated rings. The number of nitrogens with two attached hydrogens (primary N) is 1. The first kappa shape index (κ1) is 13.3. The highest BCUT2D eigenvalue weighted by atomic mass is 35.5. The van der Waals surface area contributed by atoms with Gasteiger partial charge in [0.25, 0.3) is 0 Å². The Morgan fingerprint density at radius 3 is 2.56 bits per heavy atom. The summed E-state index contributed by atoms with van der Waals surface area (Å²) in [4.78, 5) is 0. The Kier molecular flexibility index (Phi) is 4.19. The minimum atomic E-state index is -0.638. The molecule has 0 radical (unpaired) electrons. The Balaban J connectivity index is 3.02. The third-order valence-corrected chi connectivity index (χ3v) is 3.05. The maximum Gasteiger partial charge on any atom is 0.137 e. The number of hydrogen-bond acceptors (Lipinski definition) is 3. The molecule has 0 aromatic heterocycles. The second-order valence-electron chi connectivity index (χ2n) is 4.49. The highest BCUT2D eigenvalue weighted by Gasteiger charge is 2.27. The molecular weight excluding hydrogens is 226 g/mol. The molecule has 3 N–H and O–H groups in total. The molecule has 0 heterocycles. The van der Waals surface area contributed by atoms with Crippen LogP contribution in [0.2, 0.25) is 5.02 Å². The van der Waals surface area contributed by atoms with Gasteiger partial charge in [-0.25, -0.2) is 0 Å². The van der Waals surface area contributed by atoms with Gasteiger partial charge in [0, 0.05) is 12.0 Å². The third kappa shape index (κ3) is 2.67. The summed E-state index contributed by atoms with van der Waals surface area (Å²) in [6.45, 7) is 4.23. The van der Waals surface area contributed by atoms with Gasteiger partial charge in [0.1, 0.15) is 5.75 Å². The average Bonchev–Trinajstić information content (AvgIpc) is 2.27. The van der Waals surface area contributed by atoms with Crippen LogP contribution in [0.15, 0.2) is 18.2 Å². The number of hydrogen-bond donors (Lipinski definition) is 2. The molecule has 1 rings (SSSR count). The highest BCUT2D eigenvalue weighted by Crippen LogP contribution is 2.35. The van der Waals surface area contributed by atoms with E-state index in [4.69, 9.17) is 22.1 Å². The van der Waals surface area contributed by atoms with Crippen molar-refractivity contribution in [3.05, 3.63) is 28.8 Å². The van der Waals surface area contributed by atoms with Gasteiger partial charge >= 0.3 is 0 Å². The van der Waals surface area contributed by atoms with E-state index in [2.05, 4.69) is 0 Å². The number of ether oxygens (including phenoxy) is 1. The third-order valence-electron chi connectivity index (χ3n) is 2.76. The average molecular weight is 244 g/mol. The quantitative estimate of drug-likeness (QED) is 0.854. The Labute approximate surface area is 101 Å². The van der Waals surface area contributed by atoms with Gasteiger partial charge in [-0.05, 0) is 17.7 Å². The summed E-state index contributed by atoms with van der Waals surface area (Å²) in [6, 6.07) is 5.25. The number of halogens is 1. The predicted octanol–water partition coefficient (Wildman–Crippen LogP) is 2.37. The second-order valence-corrected chi connectivity index (χ2v) is 4.90. The summed E-state index contributed by atoms with van der Waals surface area (Å²) in [6.07, 6.45) is -0.638. The Bertz CT molecular complexity index is 366. The zero-order valence-electron chi connectivity index (χ0n) is 9.83. The zero-order valence-corrected chi connectivity index (χ0v) is 10.6. The number of benzene rings is 1. The van der Waals surface area contributed by atoms with Gasteiger partial charge in [0.05, 0.1) is 18.2 Å². The van der Waals surface area contributed by atoms with Crippen LogP contribution >= 0.6 is 11.6 Å².